The van der Waals surface area contributed by atoms with Crippen molar-refractivity contribution in [3.8, 4) is 0 Å². The fourth-order valence-electron chi connectivity index (χ4n) is 5.63. The normalized spacial score (nSPS) is 29.6. The molecule has 1 aliphatic heterocycles. The lowest BCUT2D eigenvalue weighted by Gasteiger charge is -2.47. The predicted octanol–water partition coefficient (Wildman–Crippen LogP) is 5.54. The van der Waals surface area contributed by atoms with Crippen molar-refractivity contribution in [3.05, 3.63) is 103 Å². The molecule has 17 nitrogen and oxygen atoms in total. The second kappa shape index (κ2) is 17.8. The van der Waals surface area contributed by atoms with E-state index in [-0.39, 0.29) is 26.2 Å². The van der Waals surface area contributed by atoms with Crippen LogP contribution >= 0.6 is 0 Å². The maximum absolute atomic E-state index is 16.7. The van der Waals surface area contributed by atoms with E-state index < -0.39 is 73.1 Å². The summed E-state index contributed by atoms with van der Waals surface area (Å²) < 4.78 is 52.2. The topological polar surface area (TPSA) is 236 Å². The van der Waals surface area contributed by atoms with Gasteiger partial charge in [-0.2, -0.15) is 0 Å². The van der Waals surface area contributed by atoms with Gasteiger partial charge in [0, 0.05) is 28.6 Å². The summed E-state index contributed by atoms with van der Waals surface area (Å²) in [6.07, 6.45) is -12.0. The zero-order chi connectivity index (χ0) is 34.5. The Morgan fingerprint density at radius 2 is 1.29 bits per heavy atom. The lowest BCUT2D eigenvalue weighted by atomic mass is 9.84. The van der Waals surface area contributed by atoms with E-state index in [0.29, 0.717) is 5.56 Å². The number of hydrogen-bond donors (Lipinski definition) is 0. The molecule has 254 valence electrons. The Morgan fingerprint density at radius 3 is 1.81 bits per heavy atom. The van der Waals surface area contributed by atoms with Crippen LogP contribution in [0.15, 0.2) is 76.0 Å². The smallest absolute Gasteiger partial charge is 0.303 e. The molecule has 0 radical (unpaired) electrons. The number of hydrogen-bond acceptors (Lipinski definition) is 11. The number of rotatable bonds is 14. The van der Waals surface area contributed by atoms with E-state index in [4.69, 9.17) is 34.0 Å². The van der Waals surface area contributed by atoms with Crippen LogP contribution < -0.4 is 0 Å². The molecule has 4 rings (SSSR count). The van der Waals surface area contributed by atoms with Gasteiger partial charge in [-0.05, 0) is 34.1 Å². The number of ether oxygens (including phenoxy) is 6. The van der Waals surface area contributed by atoms with E-state index >= 15 is 4.39 Å². The van der Waals surface area contributed by atoms with Crippen molar-refractivity contribution in [3.63, 3.8) is 0 Å². The summed E-state index contributed by atoms with van der Waals surface area (Å²) in [7, 11) is 0. The minimum atomic E-state index is -1.93. The highest BCUT2D eigenvalue weighted by Gasteiger charge is 2.54. The molecular weight excluding hydrogens is 633 g/mol. The molecule has 0 amide bonds. The number of nitrogens with zero attached hydrogens (tertiary/aromatic N) is 9. The third-order valence-electron chi connectivity index (χ3n) is 7.65. The van der Waals surface area contributed by atoms with E-state index in [2.05, 4.69) is 30.1 Å². The van der Waals surface area contributed by atoms with Crippen LogP contribution in [0.25, 0.3) is 31.3 Å². The molecule has 1 heterocycles. The van der Waals surface area contributed by atoms with Crippen molar-refractivity contribution in [2.45, 2.75) is 94.7 Å². The van der Waals surface area contributed by atoms with Crippen LogP contribution in [0.3, 0.4) is 0 Å². The highest BCUT2D eigenvalue weighted by Crippen LogP contribution is 2.37. The lowest BCUT2D eigenvalue weighted by Crippen LogP contribution is -2.63. The average Bonchev–Trinajstić information content (AvgIpc) is 3.07. The van der Waals surface area contributed by atoms with Gasteiger partial charge in [0.2, 0.25) is 0 Å². The molecule has 0 spiro atoms. The minimum absolute atomic E-state index is 0.0000432. The van der Waals surface area contributed by atoms with Crippen LogP contribution in [0.2, 0.25) is 0 Å². The van der Waals surface area contributed by atoms with Crippen LogP contribution in [-0.4, -0.2) is 79.7 Å². The quantitative estimate of drug-likeness (QED) is 0.107. The van der Waals surface area contributed by atoms with Crippen molar-refractivity contribution in [2.75, 3.05) is 6.54 Å². The van der Waals surface area contributed by atoms with Gasteiger partial charge < -0.3 is 28.4 Å². The van der Waals surface area contributed by atoms with Gasteiger partial charge in [0.25, 0.3) is 0 Å². The van der Waals surface area contributed by atoms with Crippen molar-refractivity contribution in [1.29, 1.82) is 0 Å². The van der Waals surface area contributed by atoms with Crippen molar-refractivity contribution < 1.29 is 42.4 Å². The number of carbonyl (C=O) groups excluding carboxylic acids is 2. The third-order valence-corrected chi connectivity index (χ3v) is 7.65. The van der Waals surface area contributed by atoms with Gasteiger partial charge in [0.15, 0.2) is 18.6 Å². The van der Waals surface area contributed by atoms with Crippen LogP contribution in [-0.2, 0) is 51.2 Å². The summed E-state index contributed by atoms with van der Waals surface area (Å²) >= 11 is 0. The molecule has 2 aliphatic rings. The maximum atomic E-state index is 16.7. The molecule has 1 saturated heterocycles. The Hall–Kier alpha value is -4.92. The van der Waals surface area contributed by atoms with Crippen LogP contribution in [0.4, 0.5) is 4.39 Å². The zero-order valence-electron chi connectivity index (χ0n) is 26.0. The number of benzene rings is 2. The van der Waals surface area contributed by atoms with E-state index in [0.717, 1.165) is 19.4 Å². The molecule has 10 unspecified atom stereocenters. The summed E-state index contributed by atoms with van der Waals surface area (Å²) in [5.74, 6) is -1.61. The van der Waals surface area contributed by atoms with E-state index in [9.17, 15) is 20.7 Å². The summed E-state index contributed by atoms with van der Waals surface area (Å²) in [5, 5.41) is 11.0. The summed E-state index contributed by atoms with van der Waals surface area (Å²) in [4.78, 5) is 32.8. The SMILES string of the molecule is CC(=O)OC1C(N=[N+]=[N-])CC(N=[N+]=[N-])C(OC2OC(CN=[N+]=[N-])C(OCc3ccccc3)C(F)C2OCc2ccccc2)C1OC(C)=O. The Morgan fingerprint density at radius 1 is 0.771 bits per heavy atom. The van der Waals surface area contributed by atoms with Crippen LogP contribution in [0.1, 0.15) is 31.4 Å². The number of carbonyl (C=O) groups is 2. The van der Waals surface area contributed by atoms with Gasteiger partial charge in [-0.25, -0.2) is 4.39 Å². The summed E-state index contributed by atoms with van der Waals surface area (Å²) in [5.41, 5.74) is 29.1. The molecule has 2 fully saturated rings. The molecule has 2 aromatic carbocycles. The number of esters is 2. The number of halogens is 1. The fourth-order valence-corrected chi connectivity index (χ4v) is 5.63. The minimum Gasteiger partial charge on any atom is -0.458 e. The molecule has 0 bridgehead atoms. The summed E-state index contributed by atoms with van der Waals surface area (Å²) in [6.45, 7) is 1.77. The first-order valence-corrected chi connectivity index (χ1v) is 15.0. The molecule has 0 aromatic heterocycles. The maximum Gasteiger partial charge on any atom is 0.303 e. The molecule has 1 aliphatic carbocycles. The third kappa shape index (κ3) is 9.56. The first kappa shape index (κ1) is 35.9. The predicted molar refractivity (Wildman–Crippen MR) is 164 cm³/mol. The van der Waals surface area contributed by atoms with E-state index in [1.165, 1.54) is 0 Å². The largest absolute Gasteiger partial charge is 0.458 e. The van der Waals surface area contributed by atoms with Crippen LogP contribution in [0, 0.1) is 0 Å². The second-order valence-electron chi connectivity index (χ2n) is 11.0. The van der Waals surface area contributed by atoms with Gasteiger partial charge >= 0.3 is 11.9 Å². The standard InChI is InChI=1S/C30H34FN9O8/c1-17(41)45-25-21(36-39-33)13-22(37-40-34)26(29(25)46-18(2)42)48-30-28(44-16-20-11-7-4-8-12-20)24(31)27(23(47-30)14-35-38-32)43-15-19-9-5-3-6-10-19/h3-12,21-30H,13-16H2,1-2H3. The first-order valence-electron chi connectivity index (χ1n) is 15.0. The molecule has 18 heteroatoms. The molecular formula is C30H34FN9O8. The van der Waals surface area contributed by atoms with Crippen LogP contribution in [0.5, 0.6) is 0 Å². The van der Waals surface area contributed by atoms with Crippen molar-refractivity contribution in [1.82, 2.24) is 0 Å². The highest BCUT2D eigenvalue weighted by atomic mass is 19.1. The Bertz CT molecular complexity index is 1520. The van der Waals surface area contributed by atoms with Gasteiger partial charge in [0.1, 0.15) is 24.4 Å². The fraction of sp³-hybridized carbons (Fsp3) is 0.533. The van der Waals surface area contributed by atoms with Gasteiger partial charge in [-0.15, -0.1) is 0 Å². The molecule has 48 heavy (non-hydrogen) atoms. The number of azide groups is 3. The summed E-state index contributed by atoms with van der Waals surface area (Å²) in [6, 6.07) is 15.6. The van der Waals surface area contributed by atoms with Gasteiger partial charge in [-0.3, -0.25) is 9.59 Å². The zero-order valence-corrected chi connectivity index (χ0v) is 26.0. The molecule has 2 aromatic rings. The first-order chi connectivity index (χ1) is 23.2. The Labute approximate surface area is 274 Å². The van der Waals surface area contributed by atoms with Crippen molar-refractivity contribution in [2.24, 2.45) is 15.3 Å². The van der Waals surface area contributed by atoms with Crippen molar-refractivity contribution >= 4 is 11.9 Å². The van der Waals surface area contributed by atoms with E-state index in [1.54, 1.807) is 48.5 Å². The second-order valence-corrected chi connectivity index (χ2v) is 11.0. The average molecular weight is 668 g/mol. The Balaban J connectivity index is 1.72. The molecule has 0 N–H and O–H groups in total. The van der Waals surface area contributed by atoms with Gasteiger partial charge in [-0.1, -0.05) is 76.0 Å². The monoisotopic (exact) mass is 667 g/mol. The number of alkyl halides is 1. The molecule has 1 saturated carbocycles. The Kier molecular flexibility index (Phi) is 13.4. The highest BCUT2D eigenvalue weighted by molar-refractivity contribution is 5.67. The lowest BCUT2D eigenvalue weighted by molar-refractivity contribution is -0.325. The van der Waals surface area contributed by atoms with Gasteiger partial charge in [0.05, 0.1) is 37.9 Å². The molecule has 10 atom stereocenters. The van der Waals surface area contributed by atoms with E-state index in [1.807, 2.05) is 12.1 Å².